The molecule has 126 valence electrons. The molecule has 0 bridgehead atoms. The molecule has 2 aromatic rings. The number of hydrogen-bond acceptors (Lipinski definition) is 4. The van der Waals surface area contributed by atoms with Crippen LogP contribution in [0, 0.1) is 6.92 Å². The van der Waals surface area contributed by atoms with Crippen molar-refractivity contribution >= 4 is 12.0 Å². The first-order valence-electron chi connectivity index (χ1n) is 7.98. The molecule has 2 rings (SSSR count). The molecular formula is C20H22O4. The van der Waals surface area contributed by atoms with E-state index < -0.39 is 5.97 Å². The van der Waals surface area contributed by atoms with Crippen LogP contribution in [0.25, 0.3) is 6.08 Å². The number of aryl methyl sites for hydroxylation is 1. The van der Waals surface area contributed by atoms with Crippen molar-refractivity contribution in [3.05, 3.63) is 59.7 Å². The van der Waals surface area contributed by atoms with Crippen molar-refractivity contribution in [1.29, 1.82) is 0 Å². The predicted octanol–water partition coefficient (Wildman–Crippen LogP) is 4.41. The Morgan fingerprint density at radius 1 is 1.00 bits per heavy atom. The monoisotopic (exact) mass is 326 g/mol. The molecule has 0 saturated heterocycles. The second-order valence-electron chi connectivity index (χ2n) is 5.14. The van der Waals surface area contributed by atoms with Gasteiger partial charge < -0.3 is 14.2 Å². The number of benzene rings is 2. The maximum Gasteiger partial charge on any atom is 0.336 e. The van der Waals surface area contributed by atoms with E-state index in [2.05, 4.69) is 0 Å². The molecule has 0 aliphatic heterocycles. The lowest BCUT2D eigenvalue weighted by Crippen LogP contribution is -2.03. The van der Waals surface area contributed by atoms with Crippen LogP contribution in [0.15, 0.2) is 48.5 Å². The third-order valence-electron chi connectivity index (χ3n) is 3.19. The van der Waals surface area contributed by atoms with Gasteiger partial charge in [0.15, 0.2) is 11.5 Å². The molecule has 0 amide bonds. The minimum Gasteiger partial charge on any atom is -0.490 e. The van der Waals surface area contributed by atoms with Gasteiger partial charge in [0.1, 0.15) is 5.75 Å². The van der Waals surface area contributed by atoms with E-state index in [-0.39, 0.29) is 0 Å². The van der Waals surface area contributed by atoms with Gasteiger partial charge in [-0.1, -0.05) is 18.2 Å². The second kappa shape index (κ2) is 8.77. The van der Waals surface area contributed by atoms with Gasteiger partial charge in [0.05, 0.1) is 13.2 Å². The molecule has 0 atom stereocenters. The molecule has 0 spiro atoms. The highest BCUT2D eigenvalue weighted by Gasteiger charge is 2.06. The number of carbonyl (C=O) groups is 1. The molecule has 24 heavy (non-hydrogen) atoms. The molecule has 2 aromatic carbocycles. The highest BCUT2D eigenvalue weighted by Crippen LogP contribution is 2.29. The van der Waals surface area contributed by atoms with E-state index >= 15 is 0 Å². The Morgan fingerprint density at radius 3 is 2.46 bits per heavy atom. The minimum atomic E-state index is -0.424. The Labute approximate surface area is 142 Å². The quantitative estimate of drug-likeness (QED) is 0.429. The molecule has 0 radical (unpaired) electrons. The van der Waals surface area contributed by atoms with Crippen LogP contribution < -0.4 is 14.2 Å². The molecule has 0 aliphatic rings. The summed E-state index contributed by atoms with van der Waals surface area (Å²) < 4.78 is 16.4. The normalized spacial score (nSPS) is 10.6. The minimum absolute atomic E-state index is 0.424. The summed E-state index contributed by atoms with van der Waals surface area (Å²) in [4.78, 5) is 11.9. The van der Waals surface area contributed by atoms with Crippen LogP contribution in [0.5, 0.6) is 17.2 Å². The zero-order valence-electron chi connectivity index (χ0n) is 14.2. The molecule has 0 N–H and O–H groups in total. The van der Waals surface area contributed by atoms with Crippen LogP contribution in [0.3, 0.4) is 0 Å². The predicted molar refractivity (Wildman–Crippen MR) is 94.6 cm³/mol. The summed E-state index contributed by atoms with van der Waals surface area (Å²) in [7, 11) is 0. The average molecular weight is 326 g/mol. The van der Waals surface area contributed by atoms with Crippen LogP contribution >= 0.6 is 0 Å². The van der Waals surface area contributed by atoms with Gasteiger partial charge in [0.2, 0.25) is 0 Å². The number of rotatable bonds is 7. The van der Waals surface area contributed by atoms with Gasteiger partial charge in [-0.05, 0) is 62.2 Å². The molecule has 0 heterocycles. The summed E-state index contributed by atoms with van der Waals surface area (Å²) in [6.07, 6.45) is 3.09. The first kappa shape index (κ1) is 17.6. The summed E-state index contributed by atoms with van der Waals surface area (Å²) in [6, 6.07) is 12.9. The Kier molecular flexibility index (Phi) is 6.43. The van der Waals surface area contributed by atoms with Crippen molar-refractivity contribution in [3.63, 3.8) is 0 Å². The lowest BCUT2D eigenvalue weighted by molar-refractivity contribution is -0.128. The highest BCUT2D eigenvalue weighted by atomic mass is 16.5. The van der Waals surface area contributed by atoms with E-state index in [1.165, 1.54) is 6.08 Å². The Hall–Kier alpha value is -2.75. The zero-order chi connectivity index (χ0) is 17.4. The molecule has 0 aromatic heterocycles. The van der Waals surface area contributed by atoms with Crippen molar-refractivity contribution in [2.75, 3.05) is 13.2 Å². The lowest BCUT2D eigenvalue weighted by atomic mass is 10.2. The van der Waals surface area contributed by atoms with Gasteiger partial charge in [-0.2, -0.15) is 0 Å². The highest BCUT2D eigenvalue weighted by molar-refractivity contribution is 5.88. The number of hydrogen-bond donors (Lipinski definition) is 0. The third-order valence-corrected chi connectivity index (χ3v) is 3.19. The van der Waals surface area contributed by atoms with Gasteiger partial charge in [-0.3, -0.25) is 0 Å². The summed E-state index contributed by atoms with van der Waals surface area (Å²) in [5, 5.41) is 0. The maximum absolute atomic E-state index is 11.9. The van der Waals surface area contributed by atoms with Crippen molar-refractivity contribution in [3.8, 4) is 17.2 Å². The fourth-order valence-corrected chi connectivity index (χ4v) is 2.16. The zero-order valence-corrected chi connectivity index (χ0v) is 14.2. The number of ether oxygens (including phenoxy) is 3. The molecular weight excluding hydrogens is 304 g/mol. The fraction of sp³-hybridized carbons (Fsp3) is 0.250. The third kappa shape index (κ3) is 5.16. The molecule has 0 saturated carbocycles. The summed E-state index contributed by atoms with van der Waals surface area (Å²) in [5.41, 5.74) is 1.88. The lowest BCUT2D eigenvalue weighted by Gasteiger charge is -2.11. The standard InChI is InChI=1S/C20H22O4/c1-4-22-18-11-9-16(14-19(18)23-5-2)10-12-20(21)24-17-8-6-7-15(3)13-17/h6-14H,4-5H2,1-3H3. The van der Waals surface area contributed by atoms with Crippen molar-refractivity contribution in [2.24, 2.45) is 0 Å². The van der Waals surface area contributed by atoms with Crippen LogP contribution in [-0.4, -0.2) is 19.2 Å². The maximum atomic E-state index is 11.9. The van der Waals surface area contributed by atoms with Crippen molar-refractivity contribution in [2.45, 2.75) is 20.8 Å². The molecule has 4 heteroatoms. The van der Waals surface area contributed by atoms with E-state index in [0.29, 0.717) is 30.5 Å². The summed E-state index contributed by atoms with van der Waals surface area (Å²) in [5.74, 6) is 1.46. The first-order chi connectivity index (χ1) is 11.6. The fourth-order valence-electron chi connectivity index (χ4n) is 2.16. The van der Waals surface area contributed by atoms with Gasteiger partial charge in [-0.15, -0.1) is 0 Å². The SMILES string of the molecule is CCOc1ccc(C=CC(=O)Oc2cccc(C)c2)cc1OCC. The van der Waals surface area contributed by atoms with Crippen LogP contribution in [0.2, 0.25) is 0 Å². The van der Waals surface area contributed by atoms with Crippen LogP contribution in [0.1, 0.15) is 25.0 Å². The van der Waals surface area contributed by atoms with Crippen LogP contribution in [0.4, 0.5) is 0 Å². The molecule has 0 unspecified atom stereocenters. The Morgan fingerprint density at radius 2 is 1.75 bits per heavy atom. The van der Waals surface area contributed by atoms with Crippen LogP contribution in [-0.2, 0) is 4.79 Å². The topological polar surface area (TPSA) is 44.8 Å². The van der Waals surface area contributed by atoms with E-state index in [9.17, 15) is 4.79 Å². The number of esters is 1. The first-order valence-corrected chi connectivity index (χ1v) is 7.98. The largest absolute Gasteiger partial charge is 0.490 e. The Bertz CT molecular complexity index is 719. The van der Waals surface area contributed by atoms with E-state index in [1.54, 1.807) is 12.1 Å². The van der Waals surface area contributed by atoms with Gasteiger partial charge in [-0.25, -0.2) is 4.79 Å². The van der Waals surface area contributed by atoms with E-state index in [1.807, 2.05) is 57.2 Å². The Balaban J connectivity index is 2.07. The van der Waals surface area contributed by atoms with Gasteiger partial charge in [0, 0.05) is 6.08 Å². The summed E-state index contributed by atoms with van der Waals surface area (Å²) >= 11 is 0. The second-order valence-corrected chi connectivity index (χ2v) is 5.14. The van der Waals surface area contributed by atoms with Crippen molar-refractivity contribution < 1.29 is 19.0 Å². The van der Waals surface area contributed by atoms with E-state index in [0.717, 1.165) is 11.1 Å². The molecule has 0 fully saturated rings. The summed E-state index contributed by atoms with van der Waals surface area (Å²) in [6.45, 7) is 6.89. The number of carbonyl (C=O) groups excluding carboxylic acids is 1. The van der Waals surface area contributed by atoms with Gasteiger partial charge >= 0.3 is 5.97 Å². The average Bonchev–Trinajstić information content (AvgIpc) is 2.55. The molecule has 0 aliphatic carbocycles. The molecule has 4 nitrogen and oxygen atoms in total. The van der Waals surface area contributed by atoms with Gasteiger partial charge in [0.25, 0.3) is 0 Å². The smallest absolute Gasteiger partial charge is 0.336 e. The van der Waals surface area contributed by atoms with E-state index in [4.69, 9.17) is 14.2 Å². The van der Waals surface area contributed by atoms with Crippen molar-refractivity contribution in [1.82, 2.24) is 0 Å².